The average Bonchev–Trinajstić information content (AvgIpc) is 3.93. The van der Waals surface area contributed by atoms with Gasteiger partial charge in [0.1, 0.15) is 5.58 Å². The van der Waals surface area contributed by atoms with Crippen LogP contribution >= 0.6 is 0 Å². The second-order valence-corrected chi connectivity index (χ2v) is 17.5. The lowest BCUT2D eigenvalue weighted by molar-refractivity contribution is 0.360. The molecule has 1 aliphatic carbocycles. The van der Waals surface area contributed by atoms with Crippen LogP contribution in [0.15, 0.2) is 168 Å². The molecule has 0 unspecified atom stereocenters. The van der Waals surface area contributed by atoms with Crippen LogP contribution in [0.2, 0.25) is 0 Å². The minimum Gasteiger partial charge on any atom is -0.454 e. The van der Waals surface area contributed by atoms with Crippen LogP contribution in [0.1, 0.15) is 25.0 Å². The van der Waals surface area contributed by atoms with Gasteiger partial charge in [0.25, 0.3) is 0 Å². The van der Waals surface area contributed by atoms with Crippen molar-refractivity contribution in [1.82, 2.24) is 4.57 Å². The predicted octanol–water partition coefficient (Wildman–Crippen LogP) is 13.3. The van der Waals surface area contributed by atoms with E-state index in [0.29, 0.717) is 23.0 Å². The Morgan fingerprint density at radius 2 is 1.25 bits per heavy atom. The summed E-state index contributed by atoms with van der Waals surface area (Å²) in [6.45, 7) is 4.58. The lowest BCUT2D eigenvalue weighted by Crippen LogP contribution is -2.61. The minimum atomic E-state index is -0.292. The quantitative estimate of drug-likeness (QED) is 0.156. The highest BCUT2D eigenvalue weighted by Gasteiger charge is 2.50. The summed E-state index contributed by atoms with van der Waals surface area (Å²) in [5.41, 5.74) is 17.3. The average molecular weight is 781 g/mol. The molecular formula is C55H33BN2O3. The molecule has 0 radical (unpaired) electrons. The molecule has 61 heavy (non-hydrogen) atoms. The molecule has 5 nitrogen and oxygen atoms in total. The van der Waals surface area contributed by atoms with Crippen LogP contribution in [0.5, 0.6) is 23.0 Å². The van der Waals surface area contributed by atoms with Crippen molar-refractivity contribution in [2.24, 2.45) is 0 Å². The van der Waals surface area contributed by atoms with Gasteiger partial charge in [0.2, 0.25) is 0 Å². The molecule has 0 N–H and O–H groups in total. The highest BCUT2D eigenvalue weighted by atomic mass is 16.6. The largest absolute Gasteiger partial charge is 0.454 e. The zero-order valence-electron chi connectivity index (χ0n) is 33.3. The summed E-state index contributed by atoms with van der Waals surface area (Å²) in [4.78, 5) is 2.55. The third-order valence-corrected chi connectivity index (χ3v) is 14.2. The molecule has 0 saturated heterocycles. The van der Waals surface area contributed by atoms with Gasteiger partial charge in [0.05, 0.1) is 16.7 Å². The topological polar surface area (TPSA) is 39.8 Å². The van der Waals surface area contributed by atoms with Crippen molar-refractivity contribution < 1.29 is 13.9 Å². The van der Waals surface area contributed by atoms with E-state index in [-0.39, 0.29) is 12.3 Å². The first-order valence-corrected chi connectivity index (χ1v) is 21.1. The number of furan rings is 1. The fraction of sp³-hybridized carbons (Fsp3) is 0.0545. The van der Waals surface area contributed by atoms with Gasteiger partial charge in [-0.3, -0.25) is 0 Å². The van der Waals surface area contributed by atoms with Crippen molar-refractivity contribution in [1.29, 1.82) is 0 Å². The van der Waals surface area contributed by atoms with Crippen LogP contribution in [-0.4, -0.2) is 11.4 Å². The number of ether oxygens (including phenoxy) is 2. The molecule has 0 spiro atoms. The number of hydrogen-bond acceptors (Lipinski definition) is 4. The number of hydrogen-bond donors (Lipinski definition) is 0. The number of aromatic nitrogens is 1. The molecule has 0 atom stereocenters. The third-order valence-electron chi connectivity index (χ3n) is 14.2. The fourth-order valence-electron chi connectivity index (χ4n) is 11.7. The Balaban J connectivity index is 1.15. The molecule has 15 rings (SSSR count). The van der Waals surface area contributed by atoms with E-state index in [9.17, 15) is 0 Å². The predicted molar refractivity (Wildman–Crippen MR) is 249 cm³/mol. The summed E-state index contributed by atoms with van der Waals surface area (Å²) in [5, 5.41) is 7.23. The van der Waals surface area contributed by atoms with Gasteiger partial charge < -0.3 is 23.3 Å². The van der Waals surface area contributed by atoms with E-state index in [1.54, 1.807) is 0 Å². The van der Waals surface area contributed by atoms with Crippen LogP contribution in [-0.2, 0) is 5.41 Å². The monoisotopic (exact) mass is 780 g/mol. The van der Waals surface area contributed by atoms with Gasteiger partial charge in [-0.15, -0.1) is 0 Å². The van der Waals surface area contributed by atoms with Gasteiger partial charge in [-0.2, -0.15) is 0 Å². The molecular weight excluding hydrogens is 747 g/mol. The Labute approximate surface area is 350 Å². The van der Waals surface area contributed by atoms with Crippen LogP contribution in [0.4, 0.5) is 11.4 Å². The van der Waals surface area contributed by atoms with Gasteiger partial charge in [-0.25, -0.2) is 0 Å². The highest BCUT2D eigenvalue weighted by Crippen LogP contribution is 2.59. The van der Waals surface area contributed by atoms with E-state index in [1.165, 1.54) is 77.0 Å². The molecule has 2 aromatic heterocycles. The first-order chi connectivity index (χ1) is 30.0. The Bertz CT molecular complexity index is 3840. The fourth-order valence-corrected chi connectivity index (χ4v) is 11.7. The van der Waals surface area contributed by atoms with Crippen molar-refractivity contribution in [2.45, 2.75) is 19.3 Å². The van der Waals surface area contributed by atoms with Crippen molar-refractivity contribution in [3.63, 3.8) is 0 Å². The molecule has 0 fully saturated rings. The number of para-hydroxylation sites is 5. The Hall–Kier alpha value is -7.70. The summed E-state index contributed by atoms with van der Waals surface area (Å²) >= 11 is 0. The number of nitrogens with zero attached hydrogens (tertiary/aromatic N) is 2. The van der Waals surface area contributed by atoms with E-state index < -0.39 is 0 Å². The molecule has 11 aromatic rings. The number of rotatable bonds is 1. The zero-order chi connectivity index (χ0) is 39.9. The molecule has 3 aliphatic heterocycles. The molecule has 284 valence electrons. The van der Waals surface area contributed by atoms with Gasteiger partial charge >= 0.3 is 6.85 Å². The first-order valence-electron chi connectivity index (χ1n) is 21.1. The van der Waals surface area contributed by atoms with Crippen LogP contribution in [0.25, 0.3) is 82.5 Å². The summed E-state index contributed by atoms with van der Waals surface area (Å²) in [6, 6.07) is 59.3. The minimum absolute atomic E-state index is 0.220. The summed E-state index contributed by atoms with van der Waals surface area (Å²) in [6.07, 6.45) is 0. The van der Waals surface area contributed by atoms with E-state index in [0.717, 1.165) is 38.9 Å². The zero-order valence-corrected chi connectivity index (χ0v) is 33.3. The summed E-state index contributed by atoms with van der Waals surface area (Å²) in [5.74, 6) is 2.81. The molecule has 5 heterocycles. The maximum absolute atomic E-state index is 6.93. The van der Waals surface area contributed by atoms with E-state index in [2.05, 4.69) is 163 Å². The SMILES string of the molecule is CC1(C)c2ccccc2-c2cc3c4c(c21)-c1cc2c(cc1N(c1cccc5c1oc1ccccc15)B4c1cccc4c5c6ccccc6ccc5n-3c14)Oc1ccccc1O2. The maximum atomic E-state index is 6.93. The van der Waals surface area contributed by atoms with Crippen LogP contribution in [0.3, 0.4) is 0 Å². The molecule has 4 aliphatic rings. The molecule has 9 aromatic carbocycles. The van der Waals surface area contributed by atoms with Crippen LogP contribution in [0, 0.1) is 0 Å². The highest BCUT2D eigenvalue weighted by molar-refractivity contribution is 6.94. The van der Waals surface area contributed by atoms with Crippen molar-refractivity contribution >= 4 is 83.7 Å². The Morgan fingerprint density at radius 3 is 2.13 bits per heavy atom. The first kappa shape index (κ1) is 32.2. The van der Waals surface area contributed by atoms with E-state index in [4.69, 9.17) is 13.9 Å². The molecule has 0 saturated carbocycles. The third kappa shape index (κ3) is 3.85. The van der Waals surface area contributed by atoms with Crippen molar-refractivity contribution in [3.8, 4) is 50.9 Å². The van der Waals surface area contributed by atoms with Gasteiger partial charge in [-0.1, -0.05) is 129 Å². The van der Waals surface area contributed by atoms with Gasteiger partial charge in [0.15, 0.2) is 28.6 Å². The summed E-state index contributed by atoms with van der Waals surface area (Å²) in [7, 11) is 0. The maximum Gasteiger partial charge on any atom is 0.333 e. The molecule has 0 amide bonds. The number of fused-ring (bicyclic) bond motifs is 18. The van der Waals surface area contributed by atoms with Crippen molar-refractivity contribution in [3.05, 3.63) is 175 Å². The van der Waals surface area contributed by atoms with Gasteiger partial charge in [0, 0.05) is 50.0 Å². The number of benzene rings is 9. The molecule has 6 heteroatoms. The Morgan fingerprint density at radius 1 is 0.525 bits per heavy atom. The Kier molecular flexibility index (Phi) is 5.76. The molecule has 0 bridgehead atoms. The number of anilines is 2. The normalized spacial score (nSPS) is 14.7. The second-order valence-electron chi connectivity index (χ2n) is 17.5. The van der Waals surface area contributed by atoms with E-state index >= 15 is 0 Å². The second kappa shape index (κ2) is 10.9. The lowest BCUT2D eigenvalue weighted by atomic mass is 9.43. The smallest absolute Gasteiger partial charge is 0.333 e. The standard InChI is InChI=1S/C55H33BN2O3/c1-55(2)38-19-7-5-15-32(38)36-27-43-52-50(51(36)55)37-28-47-48(60-46-24-10-9-23-45(46)59-47)29-42(37)58(41-21-12-17-34-33-16-6-8-22-44(33)61-54(34)41)56(52)39-20-11-18-35-49-31-14-4-3-13-30(31)25-26-40(49)57(43)53(35)39/h3-29H,1-2H3. The van der Waals surface area contributed by atoms with Gasteiger partial charge in [-0.05, 0) is 92.0 Å². The lowest BCUT2D eigenvalue weighted by Gasteiger charge is -2.44. The van der Waals surface area contributed by atoms with E-state index in [1.807, 2.05) is 24.3 Å². The van der Waals surface area contributed by atoms with Crippen LogP contribution < -0.4 is 25.2 Å². The van der Waals surface area contributed by atoms with Crippen molar-refractivity contribution in [2.75, 3.05) is 4.81 Å². The summed E-state index contributed by atoms with van der Waals surface area (Å²) < 4.78 is 23.0.